The highest BCUT2D eigenvalue weighted by molar-refractivity contribution is 5.94. The Bertz CT molecular complexity index is 1080. The highest BCUT2D eigenvalue weighted by Gasteiger charge is 2.41. The van der Waals surface area contributed by atoms with Gasteiger partial charge in [-0.15, -0.1) is 0 Å². The van der Waals surface area contributed by atoms with Gasteiger partial charge in [-0.25, -0.2) is 15.0 Å². The average Bonchev–Trinajstić information content (AvgIpc) is 3.19. The van der Waals surface area contributed by atoms with Crippen LogP contribution in [0.1, 0.15) is 36.2 Å². The van der Waals surface area contributed by atoms with Crippen molar-refractivity contribution in [3.8, 4) is 5.75 Å². The Morgan fingerprint density at radius 2 is 2.19 bits per heavy atom. The topological polar surface area (TPSA) is 145 Å². The maximum atomic E-state index is 13.2. The number of carbonyl (C=O) groups excluding carboxylic acids is 1. The van der Waals surface area contributed by atoms with Gasteiger partial charge in [0.25, 0.3) is 5.91 Å². The molecule has 0 spiro atoms. The van der Waals surface area contributed by atoms with Gasteiger partial charge in [-0.1, -0.05) is 6.07 Å². The van der Waals surface area contributed by atoms with Gasteiger partial charge in [0.1, 0.15) is 17.6 Å². The predicted octanol–water partition coefficient (Wildman–Crippen LogP) is 0.974. The van der Waals surface area contributed by atoms with Crippen molar-refractivity contribution >= 4 is 22.9 Å². The lowest BCUT2D eigenvalue weighted by atomic mass is 9.87. The Hall–Kier alpha value is -3.24. The molecule has 1 saturated heterocycles. The van der Waals surface area contributed by atoms with Crippen LogP contribution in [-0.2, 0) is 0 Å². The third-order valence-corrected chi connectivity index (χ3v) is 5.71. The molecule has 31 heavy (non-hydrogen) atoms. The number of hydrogen-bond acceptors (Lipinski definition) is 8. The Morgan fingerprint density at radius 3 is 3.00 bits per heavy atom. The molecule has 10 nitrogen and oxygen atoms in total. The lowest BCUT2D eigenvalue weighted by Crippen LogP contribution is -2.52. The molecule has 1 amide bonds. The van der Waals surface area contributed by atoms with E-state index in [2.05, 4.69) is 15.0 Å². The van der Waals surface area contributed by atoms with Gasteiger partial charge in [0.15, 0.2) is 11.5 Å². The fourth-order valence-corrected chi connectivity index (χ4v) is 3.87. The van der Waals surface area contributed by atoms with E-state index in [4.69, 9.17) is 16.2 Å². The number of aromatic nitrogens is 4. The first-order chi connectivity index (χ1) is 14.9. The molecule has 0 bridgehead atoms. The number of nitrogens with two attached hydrogens (primary N) is 2. The van der Waals surface area contributed by atoms with Crippen LogP contribution in [-0.4, -0.2) is 67.3 Å². The Balaban J connectivity index is 1.58. The van der Waals surface area contributed by atoms with Crippen molar-refractivity contribution in [3.05, 3.63) is 42.5 Å². The number of ether oxygens (including phenoxy) is 1. The number of piperidine rings is 1. The quantitative estimate of drug-likeness (QED) is 0.495. The smallest absolute Gasteiger partial charge is 0.254 e. The van der Waals surface area contributed by atoms with Crippen molar-refractivity contribution in [1.82, 2.24) is 24.4 Å². The van der Waals surface area contributed by atoms with Crippen LogP contribution in [0.3, 0.4) is 0 Å². The maximum absolute atomic E-state index is 13.2. The molecule has 2 atom stereocenters. The molecule has 0 radical (unpaired) electrons. The summed E-state index contributed by atoms with van der Waals surface area (Å²) in [5.74, 6) is 0.787. The van der Waals surface area contributed by atoms with E-state index in [0.29, 0.717) is 55.1 Å². The largest absolute Gasteiger partial charge is 0.494 e. The Labute approximate surface area is 179 Å². The van der Waals surface area contributed by atoms with Crippen molar-refractivity contribution in [3.63, 3.8) is 0 Å². The number of fused-ring (bicyclic) bond motifs is 1. The molecular formula is C21H27N7O3. The molecule has 10 heteroatoms. The Morgan fingerprint density at radius 1 is 1.35 bits per heavy atom. The first kappa shape index (κ1) is 21.0. The lowest BCUT2D eigenvalue weighted by molar-refractivity contribution is -0.0433. The number of aliphatic hydroxyl groups is 1. The number of amides is 1. The Kier molecular flexibility index (Phi) is 5.75. The molecule has 0 saturated carbocycles. The molecule has 1 aliphatic rings. The van der Waals surface area contributed by atoms with Crippen LogP contribution in [0.15, 0.2) is 36.9 Å². The van der Waals surface area contributed by atoms with E-state index in [9.17, 15) is 9.90 Å². The van der Waals surface area contributed by atoms with Gasteiger partial charge in [0.05, 0.1) is 24.6 Å². The van der Waals surface area contributed by atoms with Crippen molar-refractivity contribution < 1.29 is 14.6 Å². The van der Waals surface area contributed by atoms with Crippen LogP contribution < -0.4 is 16.2 Å². The second-order valence-electron chi connectivity index (χ2n) is 7.98. The van der Waals surface area contributed by atoms with E-state index in [1.54, 1.807) is 40.9 Å². The zero-order valence-corrected chi connectivity index (χ0v) is 17.4. The second kappa shape index (κ2) is 8.48. The first-order valence-electron chi connectivity index (χ1n) is 10.3. The molecule has 164 valence electrons. The van der Waals surface area contributed by atoms with Crippen LogP contribution in [0.4, 0.5) is 5.82 Å². The molecule has 4 rings (SSSR count). The maximum Gasteiger partial charge on any atom is 0.254 e. The monoisotopic (exact) mass is 425 g/mol. The summed E-state index contributed by atoms with van der Waals surface area (Å²) in [6.45, 7) is 3.56. The van der Waals surface area contributed by atoms with Crippen molar-refractivity contribution in [1.29, 1.82) is 0 Å². The molecule has 3 aromatic rings. The summed E-state index contributed by atoms with van der Waals surface area (Å²) in [4.78, 5) is 27.5. The van der Waals surface area contributed by atoms with Gasteiger partial charge in [-0.2, -0.15) is 0 Å². The number of imidazole rings is 1. The summed E-state index contributed by atoms with van der Waals surface area (Å²) in [6.07, 6.45) is 4.12. The predicted molar refractivity (Wildman–Crippen MR) is 116 cm³/mol. The molecule has 3 heterocycles. The van der Waals surface area contributed by atoms with E-state index in [-0.39, 0.29) is 11.7 Å². The number of carbonyl (C=O) groups is 1. The van der Waals surface area contributed by atoms with Gasteiger partial charge < -0.3 is 30.8 Å². The third kappa shape index (κ3) is 4.17. The van der Waals surface area contributed by atoms with Crippen molar-refractivity contribution in [2.75, 3.05) is 32.0 Å². The number of hydrogen-bond donors (Lipinski definition) is 3. The van der Waals surface area contributed by atoms with Gasteiger partial charge in [0, 0.05) is 18.7 Å². The number of benzene rings is 1. The molecule has 2 aromatic heterocycles. The molecule has 0 aliphatic carbocycles. The average molecular weight is 425 g/mol. The molecular weight excluding hydrogens is 398 g/mol. The summed E-state index contributed by atoms with van der Waals surface area (Å²) in [5.41, 5.74) is 11.9. The number of nitrogens with zero attached hydrogens (tertiary/aromatic N) is 5. The van der Waals surface area contributed by atoms with Crippen LogP contribution >= 0.6 is 0 Å². The third-order valence-electron chi connectivity index (χ3n) is 5.71. The van der Waals surface area contributed by atoms with Crippen LogP contribution in [0.25, 0.3) is 11.2 Å². The summed E-state index contributed by atoms with van der Waals surface area (Å²) >= 11 is 0. The first-order valence-corrected chi connectivity index (χ1v) is 10.3. The summed E-state index contributed by atoms with van der Waals surface area (Å²) in [5, 5.41) is 11.1. The fourth-order valence-electron chi connectivity index (χ4n) is 3.87. The fraction of sp³-hybridized carbons (Fsp3) is 0.429. The van der Waals surface area contributed by atoms with E-state index in [1.807, 2.05) is 6.07 Å². The minimum Gasteiger partial charge on any atom is -0.494 e. The highest BCUT2D eigenvalue weighted by atomic mass is 16.5. The lowest BCUT2D eigenvalue weighted by Gasteiger charge is -2.43. The van der Waals surface area contributed by atoms with Crippen LogP contribution in [0, 0.1) is 0 Å². The standard InChI is InChI=1S/C21H27N7O3/c1-21(30)6-8-27(20(29)14-4-2-5-15(10-14)31-9-3-7-22)11-16(21)28-13-26-17-18(23)24-12-25-19(17)28/h2,4-5,10,12-13,16,30H,3,6-9,11,22H2,1H3,(H2,23,24,25)/t16-,21-/m1/s1. The van der Waals surface area contributed by atoms with Crippen LogP contribution in [0.2, 0.25) is 0 Å². The van der Waals surface area contributed by atoms with Gasteiger partial charge in [-0.3, -0.25) is 4.79 Å². The number of nitrogen functional groups attached to an aromatic ring is 1. The van der Waals surface area contributed by atoms with E-state index in [0.717, 1.165) is 6.42 Å². The molecule has 1 fully saturated rings. The van der Waals surface area contributed by atoms with E-state index in [1.165, 1.54) is 6.33 Å². The van der Waals surface area contributed by atoms with Crippen molar-refractivity contribution in [2.24, 2.45) is 5.73 Å². The summed E-state index contributed by atoms with van der Waals surface area (Å²) in [6, 6.07) is 6.68. The molecule has 0 unspecified atom stereocenters. The minimum absolute atomic E-state index is 0.122. The number of anilines is 1. The molecule has 1 aromatic carbocycles. The van der Waals surface area contributed by atoms with Gasteiger partial charge in [-0.05, 0) is 44.5 Å². The SMILES string of the molecule is C[C@@]1(O)CCN(C(=O)c2cccc(OCCCN)c2)C[C@H]1n1cnc2c(N)ncnc21. The highest BCUT2D eigenvalue weighted by Crippen LogP contribution is 2.34. The van der Waals surface area contributed by atoms with Crippen LogP contribution in [0.5, 0.6) is 5.75 Å². The zero-order valence-electron chi connectivity index (χ0n) is 17.4. The van der Waals surface area contributed by atoms with E-state index < -0.39 is 11.6 Å². The van der Waals surface area contributed by atoms with Gasteiger partial charge in [0.2, 0.25) is 0 Å². The number of rotatable bonds is 6. The normalized spacial score (nSPS) is 21.4. The number of likely N-dealkylation sites (tertiary alicyclic amines) is 1. The molecule has 1 aliphatic heterocycles. The summed E-state index contributed by atoms with van der Waals surface area (Å²) in [7, 11) is 0. The van der Waals surface area contributed by atoms with E-state index >= 15 is 0 Å². The summed E-state index contributed by atoms with van der Waals surface area (Å²) < 4.78 is 7.44. The minimum atomic E-state index is -1.04. The zero-order chi connectivity index (χ0) is 22.0. The van der Waals surface area contributed by atoms with Crippen molar-refractivity contribution in [2.45, 2.75) is 31.4 Å². The van der Waals surface area contributed by atoms with Gasteiger partial charge >= 0.3 is 0 Å². The second-order valence-corrected chi connectivity index (χ2v) is 7.98. The molecule has 5 N–H and O–H groups in total.